The Morgan fingerprint density at radius 1 is 1.26 bits per heavy atom. The van der Waals surface area contributed by atoms with Crippen LogP contribution in [-0.4, -0.2) is 30.7 Å². The van der Waals surface area contributed by atoms with Crippen molar-refractivity contribution in [2.75, 3.05) is 13.2 Å². The number of aliphatic hydroxyl groups excluding tert-OH is 1. The second-order valence-corrected chi connectivity index (χ2v) is 4.46. The van der Waals surface area contributed by atoms with Gasteiger partial charge in [-0.1, -0.05) is 18.2 Å². The van der Waals surface area contributed by atoms with Crippen LogP contribution in [0, 0.1) is 0 Å². The Hall–Kier alpha value is -1.11. The van der Waals surface area contributed by atoms with E-state index in [1.165, 1.54) is 6.07 Å². The van der Waals surface area contributed by atoms with E-state index in [9.17, 15) is 18.3 Å². The molecule has 6 heteroatoms. The Labute approximate surface area is 108 Å². The molecule has 2 rings (SSSR count). The number of hydrogen-bond acceptors (Lipinski definition) is 3. The van der Waals surface area contributed by atoms with E-state index >= 15 is 0 Å². The van der Waals surface area contributed by atoms with Gasteiger partial charge in [0.05, 0.1) is 24.9 Å². The van der Waals surface area contributed by atoms with Gasteiger partial charge in [0.2, 0.25) is 0 Å². The van der Waals surface area contributed by atoms with Crippen LogP contribution in [-0.2, 0) is 22.1 Å². The van der Waals surface area contributed by atoms with Crippen LogP contribution < -0.4 is 0 Å². The quantitative estimate of drug-likeness (QED) is 0.917. The highest BCUT2D eigenvalue weighted by atomic mass is 19.4. The molecule has 0 aromatic heterocycles. The molecular formula is C13H15F3O3. The van der Waals surface area contributed by atoms with Gasteiger partial charge in [0, 0.05) is 6.42 Å². The first-order valence-electron chi connectivity index (χ1n) is 6.02. The summed E-state index contributed by atoms with van der Waals surface area (Å²) in [4.78, 5) is 0. The smallest absolute Gasteiger partial charge is 0.393 e. The zero-order valence-corrected chi connectivity index (χ0v) is 10.2. The fourth-order valence-electron chi connectivity index (χ4n) is 2.00. The summed E-state index contributed by atoms with van der Waals surface area (Å²) in [5, 5.41) is 9.82. The first-order chi connectivity index (χ1) is 8.95. The van der Waals surface area contributed by atoms with E-state index in [0.29, 0.717) is 18.8 Å². The topological polar surface area (TPSA) is 38.7 Å². The highest BCUT2D eigenvalue weighted by molar-refractivity contribution is 5.26. The van der Waals surface area contributed by atoms with Crippen LogP contribution in [0.5, 0.6) is 0 Å². The highest BCUT2D eigenvalue weighted by Gasteiger charge is 2.30. The van der Waals surface area contributed by atoms with Crippen LogP contribution in [0.4, 0.5) is 13.2 Å². The minimum Gasteiger partial charge on any atom is -0.393 e. The van der Waals surface area contributed by atoms with Crippen LogP contribution >= 0.6 is 0 Å². The monoisotopic (exact) mass is 276 g/mol. The van der Waals surface area contributed by atoms with Crippen molar-refractivity contribution in [1.29, 1.82) is 0 Å². The molecule has 3 nitrogen and oxygen atoms in total. The van der Waals surface area contributed by atoms with Crippen molar-refractivity contribution in [3.8, 4) is 0 Å². The number of ether oxygens (including phenoxy) is 2. The van der Waals surface area contributed by atoms with Gasteiger partial charge in [-0.05, 0) is 18.1 Å². The maximum atomic E-state index is 12.5. The van der Waals surface area contributed by atoms with Crippen molar-refractivity contribution in [2.24, 2.45) is 0 Å². The van der Waals surface area contributed by atoms with E-state index < -0.39 is 24.1 Å². The Bertz CT molecular complexity index is 414. The predicted octanol–water partition coefficient (Wildman–Crippen LogP) is 2.37. The zero-order chi connectivity index (χ0) is 13.9. The van der Waals surface area contributed by atoms with Crippen molar-refractivity contribution in [1.82, 2.24) is 0 Å². The zero-order valence-electron chi connectivity index (χ0n) is 10.2. The van der Waals surface area contributed by atoms with Crippen LogP contribution in [0.3, 0.4) is 0 Å². The molecule has 1 saturated heterocycles. The van der Waals surface area contributed by atoms with Crippen LogP contribution in [0.2, 0.25) is 0 Å². The van der Waals surface area contributed by atoms with Gasteiger partial charge >= 0.3 is 6.18 Å². The van der Waals surface area contributed by atoms with Gasteiger partial charge in [-0.2, -0.15) is 13.2 Å². The highest BCUT2D eigenvalue weighted by Crippen LogP contribution is 2.29. The standard InChI is InChI=1S/C13H15F3O3/c14-13(15,16)10-3-1-2-9(6-10)7-11(17)8-12-18-4-5-19-12/h1-3,6,11-12,17H,4-5,7-8H2. The van der Waals surface area contributed by atoms with Gasteiger partial charge in [-0.25, -0.2) is 0 Å². The first-order valence-corrected chi connectivity index (χ1v) is 6.02. The molecule has 0 spiro atoms. The molecule has 1 atom stereocenters. The van der Waals surface area contributed by atoms with E-state index in [1.807, 2.05) is 0 Å². The molecule has 1 fully saturated rings. The van der Waals surface area contributed by atoms with Crippen molar-refractivity contribution in [2.45, 2.75) is 31.4 Å². The van der Waals surface area contributed by atoms with Crippen LogP contribution in [0.15, 0.2) is 24.3 Å². The Morgan fingerprint density at radius 2 is 1.95 bits per heavy atom. The third kappa shape index (κ3) is 4.19. The molecule has 19 heavy (non-hydrogen) atoms. The van der Waals surface area contributed by atoms with Crippen molar-refractivity contribution in [3.05, 3.63) is 35.4 Å². The summed E-state index contributed by atoms with van der Waals surface area (Å²) in [5.74, 6) is 0. The molecule has 1 aromatic carbocycles. The third-order valence-electron chi connectivity index (χ3n) is 2.88. The third-order valence-corrected chi connectivity index (χ3v) is 2.88. The average molecular weight is 276 g/mol. The molecule has 0 aliphatic carbocycles. The van der Waals surface area contributed by atoms with E-state index in [0.717, 1.165) is 12.1 Å². The number of aliphatic hydroxyl groups is 1. The van der Waals surface area contributed by atoms with E-state index in [1.54, 1.807) is 6.07 Å². The maximum absolute atomic E-state index is 12.5. The second-order valence-electron chi connectivity index (χ2n) is 4.46. The maximum Gasteiger partial charge on any atom is 0.416 e. The molecule has 0 radical (unpaired) electrons. The number of hydrogen-bond donors (Lipinski definition) is 1. The van der Waals surface area contributed by atoms with Crippen LogP contribution in [0.25, 0.3) is 0 Å². The SMILES string of the molecule is OC(Cc1cccc(C(F)(F)F)c1)CC1OCCO1. The number of halogens is 3. The summed E-state index contributed by atoms with van der Waals surface area (Å²) in [7, 11) is 0. The van der Waals surface area contributed by atoms with Gasteiger partial charge in [0.1, 0.15) is 0 Å². The van der Waals surface area contributed by atoms with Gasteiger partial charge < -0.3 is 14.6 Å². The molecule has 1 heterocycles. The molecule has 1 aliphatic heterocycles. The van der Waals surface area contributed by atoms with Crippen molar-refractivity contribution in [3.63, 3.8) is 0 Å². The predicted molar refractivity (Wildman–Crippen MR) is 61.5 cm³/mol. The fraction of sp³-hybridized carbons (Fsp3) is 0.538. The van der Waals surface area contributed by atoms with Gasteiger partial charge in [-0.15, -0.1) is 0 Å². The minimum atomic E-state index is -4.36. The molecule has 1 N–H and O–H groups in total. The lowest BCUT2D eigenvalue weighted by Gasteiger charge is -2.15. The average Bonchev–Trinajstić information content (AvgIpc) is 2.80. The van der Waals surface area contributed by atoms with Gasteiger partial charge in [0.25, 0.3) is 0 Å². The lowest BCUT2D eigenvalue weighted by atomic mass is 10.0. The lowest BCUT2D eigenvalue weighted by molar-refractivity contribution is -0.137. The summed E-state index contributed by atoms with van der Waals surface area (Å²) in [5.41, 5.74) is -0.258. The summed E-state index contributed by atoms with van der Waals surface area (Å²) in [6.45, 7) is 0.974. The number of benzene rings is 1. The summed E-state index contributed by atoms with van der Waals surface area (Å²) >= 11 is 0. The molecule has 1 aliphatic rings. The lowest BCUT2D eigenvalue weighted by Crippen LogP contribution is -2.20. The van der Waals surface area contributed by atoms with E-state index in [2.05, 4.69) is 0 Å². The molecular weight excluding hydrogens is 261 g/mol. The summed E-state index contributed by atoms with van der Waals surface area (Å²) in [6, 6.07) is 4.97. The molecule has 0 saturated carbocycles. The molecule has 0 bridgehead atoms. The van der Waals surface area contributed by atoms with Crippen molar-refractivity contribution < 1.29 is 27.8 Å². The molecule has 1 aromatic rings. The Morgan fingerprint density at radius 3 is 2.58 bits per heavy atom. The van der Waals surface area contributed by atoms with Gasteiger partial charge in [0.15, 0.2) is 6.29 Å². The number of rotatable bonds is 4. The normalized spacial score (nSPS) is 18.7. The fourth-order valence-corrected chi connectivity index (χ4v) is 2.00. The Balaban J connectivity index is 1.94. The summed E-state index contributed by atoms with van der Waals surface area (Å²) in [6.07, 6.45) is -5.20. The number of alkyl halides is 3. The van der Waals surface area contributed by atoms with Gasteiger partial charge in [-0.3, -0.25) is 0 Å². The van der Waals surface area contributed by atoms with Crippen molar-refractivity contribution >= 4 is 0 Å². The summed E-state index contributed by atoms with van der Waals surface area (Å²) < 4.78 is 47.9. The largest absolute Gasteiger partial charge is 0.416 e. The van der Waals surface area contributed by atoms with Crippen LogP contribution in [0.1, 0.15) is 17.5 Å². The molecule has 106 valence electrons. The Kier molecular flexibility index (Phi) is 4.44. The minimum absolute atomic E-state index is 0.146. The first kappa shape index (κ1) is 14.3. The van der Waals surface area contributed by atoms with E-state index in [-0.39, 0.29) is 12.8 Å². The molecule has 0 amide bonds. The second kappa shape index (κ2) is 5.90. The molecule has 1 unspecified atom stereocenters. The van der Waals surface area contributed by atoms with E-state index in [4.69, 9.17) is 9.47 Å².